The maximum Gasteiger partial charge on any atom is 0.303 e. The van der Waals surface area contributed by atoms with Crippen LogP contribution in [0.25, 0.3) is 0 Å². The monoisotopic (exact) mass is 239 g/mol. The van der Waals surface area contributed by atoms with E-state index in [0.717, 1.165) is 6.42 Å². The number of hydrogen-bond donors (Lipinski definition) is 2. The van der Waals surface area contributed by atoms with Crippen molar-refractivity contribution in [2.45, 2.75) is 26.2 Å². The quantitative estimate of drug-likeness (QED) is 0.701. The van der Waals surface area contributed by atoms with Crippen LogP contribution in [0.3, 0.4) is 0 Å². The third-order valence-corrected chi connectivity index (χ3v) is 2.15. The molecule has 94 valence electrons. The number of aliphatic carboxylic acids is 1. The van der Waals surface area contributed by atoms with Crippen LogP contribution in [0.15, 0.2) is 6.07 Å². The molecule has 17 heavy (non-hydrogen) atoms. The molecule has 6 nitrogen and oxygen atoms in total. The minimum Gasteiger partial charge on any atom is -0.481 e. The van der Waals surface area contributed by atoms with Gasteiger partial charge in [0.05, 0.1) is 7.11 Å². The molecule has 0 fully saturated rings. The maximum atomic E-state index is 10.3. The first kappa shape index (κ1) is 13.2. The van der Waals surface area contributed by atoms with Gasteiger partial charge in [-0.3, -0.25) is 4.79 Å². The van der Waals surface area contributed by atoms with Gasteiger partial charge in [0.25, 0.3) is 0 Å². The highest BCUT2D eigenvalue weighted by Gasteiger charge is 2.01. The van der Waals surface area contributed by atoms with Gasteiger partial charge in [0, 0.05) is 19.0 Å². The number of rotatable bonds is 7. The highest BCUT2D eigenvalue weighted by Crippen LogP contribution is 2.12. The van der Waals surface area contributed by atoms with Crippen LogP contribution in [0.2, 0.25) is 0 Å². The summed E-state index contributed by atoms with van der Waals surface area (Å²) in [5.41, 5.74) is 0. The molecule has 0 aromatic carbocycles. The molecule has 0 unspecified atom stereocenters. The lowest BCUT2D eigenvalue weighted by molar-refractivity contribution is -0.137. The second-order valence-corrected chi connectivity index (χ2v) is 3.62. The number of aromatic nitrogens is 2. The van der Waals surface area contributed by atoms with Gasteiger partial charge >= 0.3 is 5.97 Å². The van der Waals surface area contributed by atoms with Gasteiger partial charge in [-0.05, 0) is 19.8 Å². The summed E-state index contributed by atoms with van der Waals surface area (Å²) in [6, 6.07) is 1.71. The number of methoxy groups -OCH3 is 1. The van der Waals surface area contributed by atoms with Crippen LogP contribution in [0, 0.1) is 6.92 Å². The van der Waals surface area contributed by atoms with Crippen molar-refractivity contribution < 1.29 is 14.6 Å². The van der Waals surface area contributed by atoms with Gasteiger partial charge in [0.2, 0.25) is 5.88 Å². The second kappa shape index (κ2) is 6.67. The first-order chi connectivity index (χ1) is 8.11. The summed E-state index contributed by atoms with van der Waals surface area (Å²) < 4.78 is 5.03. The van der Waals surface area contributed by atoms with E-state index in [1.807, 2.05) is 0 Å². The molecule has 0 aliphatic carbocycles. The average Bonchev–Trinajstić information content (AvgIpc) is 2.27. The van der Waals surface area contributed by atoms with Crippen LogP contribution >= 0.6 is 0 Å². The first-order valence-corrected chi connectivity index (χ1v) is 5.47. The molecular weight excluding hydrogens is 222 g/mol. The van der Waals surface area contributed by atoms with E-state index in [2.05, 4.69) is 15.3 Å². The Morgan fingerprint density at radius 3 is 2.88 bits per heavy atom. The van der Waals surface area contributed by atoms with Gasteiger partial charge in [-0.15, -0.1) is 0 Å². The normalized spacial score (nSPS) is 10.0. The number of aryl methyl sites for hydroxylation is 1. The molecular formula is C11H17N3O3. The summed E-state index contributed by atoms with van der Waals surface area (Å²) in [6.07, 6.45) is 1.65. The van der Waals surface area contributed by atoms with Gasteiger partial charge < -0.3 is 15.2 Å². The Labute approximate surface area is 100 Å². The van der Waals surface area contributed by atoms with Gasteiger partial charge in [0.15, 0.2) is 0 Å². The standard InChI is InChI=1S/C11H17N3O3/c1-8-13-9(7-10(14-8)17-2)12-6-4-3-5-11(15)16/h7H,3-6H2,1-2H3,(H,15,16)(H,12,13,14). The number of ether oxygens (including phenoxy) is 1. The van der Waals surface area contributed by atoms with Gasteiger partial charge in [-0.2, -0.15) is 4.98 Å². The molecule has 0 atom stereocenters. The molecule has 0 radical (unpaired) electrons. The lowest BCUT2D eigenvalue weighted by atomic mass is 10.2. The largest absolute Gasteiger partial charge is 0.481 e. The average molecular weight is 239 g/mol. The summed E-state index contributed by atoms with van der Waals surface area (Å²) in [4.78, 5) is 18.6. The molecule has 0 amide bonds. The van der Waals surface area contributed by atoms with Crippen molar-refractivity contribution in [1.82, 2.24) is 9.97 Å². The van der Waals surface area contributed by atoms with Crippen LogP contribution in [-0.4, -0.2) is 34.7 Å². The number of carboxylic acid groups (broad SMARTS) is 1. The summed E-state index contributed by atoms with van der Waals surface area (Å²) >= 11 is 0. The van der Waals surface area contributed by atoms with E-state index < -0.39 is 5.97 Å². The van der Waals surface area contributed by atoms with Gasteiger partial charge in [-0.1, -0.05) is 0 Å². The Hall–Kier alpha value is -1.85. The van der Waals surface area contributed by atoms with E-state index in [4.69, 9.17) is 9.84 Å². The Kier molecular flexibility index (Phi) is 5.19. The fourth-order valence-corrected chi connectivity index (χ4v) is 1.35. The van der Waals surface area contributed by atoms with E-state index in [-0.39, 0.29) is 6.42 Å². The third kappa shape index (κ3) is 5.14. The van der Waals surface area contributed by atoms with Crippen molar-refractivity contribution in [1.29, 1.82) is 0 Å². The molecule has 1 heterocycles. The number of anilines is 1. The van der Waals surface area contributed by atoms with Crippen LogP contribution in [-0.2, 0) is 4.79 Å². The zero-order valence-electron chi connectivity index (χ0n) is 10.1. The summed E-state index contributed by atoms with van der Waals surface area (Å²) in [5, 5.41) is 11.6. The van der Waals surface area contributed by atoms with Crippen molar-refractivity contribution in [2.75, 3.05) is 19.0 Å². The first-order valence-electron chi connectivity index (χ1n) is 5.47. The number of nitrogens with zero attached hydrogens (tertiary/aromatic N) is 2. The molecule has 0 aliphatic rings. The molecule has 1 aromatic rings. The van der Waals surface area contributed by atoms with Crippen molar-refractivity contribution in [3.05, 3.63) is 11.9 Å². The number of carboxylic acids is 1. The number of hydrogen-bond acceptors (Lipinski definition) is 5. The fraction of sp³-hybridized carbons (Fsp3) is 0.545. The topological polar surface area (TPSA) is 84.3 Å². The van der Waals surface area contributed by atoms with Gasteiger partial charge in [-0.25, -0.2) is 4.98 Å². The van der Waals surface area contributed by atoms with Gasteiger partial charge in [0.1, 0.15) is 11.6 Å². The van der Waals surface area contributed by atoms with E-state index in [1.165, 1.54) is 0 Å². The van der Waals surface area contributed by atoms with E-state index in [1.54, 1.807) is 20.1 Å². The summed E-state index contributed by atoms with van der Waals surface area (Å²) in [7, 11) is 1.55. The molecule has 2 N–H and O–H groups in total. The molecule has 1 aromatic heterocycles. The van der Waals surface area contributed by atoms with Crippen molar-refractivity contribution in [3.8, 4) is 5.88 Å². The Morgan fingerprint density at radius 2 is 2.24 bits per heavy atom. The van der Waals surface area contributed by atoms with Crippen molar-refractivity contribution in [3.63, 3.8) is 0 Å². The highest BCUT2D eigenvalue weighted by atomic mass is 16.5. The molecule has 1 rings (SSSR count). The number of unbranched alkanes of at least 4 members (excludes halogenated alkanes) is 1. The molecule has 0 saturated carbocycles. The summed E-state index contributed by atoms with van der Waals surface area (Å²) in [6.45, 7) is 2.48. The molecule has 0 saturated heterocycles. The van der Waals surface area contributed by atoms with E-state index in [0.29, 0.717) is 30.5 Å². The number of nitrogens with one attached hydrogen (secondary N) is 1. The predicted octanol–water partition coefficient (Wildman–Crippen LogP) is 1.46. The van der Waals surface area contributed by atoms with Crippen molar-refractivity contribution in [2.24, 2.45) is 0 Å². The minimum absolute atomic E-state index is 0.202. The predicted molar refractivity (Wildman–Crippen MR) is 63.3 cm³/mol. The SMILES string of the molecule is COc1cc(NCCCCC(=O)O)nc(C)n1. The maximum absolute atomic E-state index is 10.3. The lowest BCUT2D eigenvalue weighted by Crippen LogP contribution is -2.06. The third-order valence-electron chi connectivity index (χ3n) is 2.15. The second-order valence-electron chi connectivity index (χ2n) is 3.62. The molecule has 0 bridgehead atoms. The zero-order valence-corrected chi connectivity index (χ0v) is 10.1. The smallest absolute Gasteiger partial charge is 0.303 e. The van der Waals surface area contributed by atoms with Crippen LogP contribution in [0.1, 0.15) is 25.1 Å². The highest BCUT2D eigenvalue weighted by molar-refractivity contribution is 5.66. The number of carbonyl (C=O) groups is 1. The molecule has 6 heteroatoms. The molecule has 0 aliphatic heterocycles. The van der Waals surface area contributed by atoms with Crippen LogP contribution < -0.4 is 10.1 Å². The molecule has 0 spiro atoms. The minimum atomic E-state index is -0.760. The van der Waals surface area contributed by atoms with E-state index >= 15 is 0 Å². The van der Waals surface area contributed by atoms with Crippen molar-refractivity contribution >= 4 is 11.8 Å². The Bertz CT molecular complexity index is 382. The zero-order chi connectivity index (χ0) is 12.7. The van der Waals surface area contributed by atoms with Crippen LogP contribution in [0.4, 0.5) is 5.82 Å². The van der Waals surface area contributed by atoms with E-state index in [9.17, 15) is 4.79 Å². The lowest BCUT2D eigenvalue weighted by Gasteiger charge is -2.07. The Morgan fingerprint density at radius 1 is 1.47 bits per heavy atom. The summed E-state index contributed by atoms with van der Waals surface area (Å²) in [5.74, 6) is 1.09. The fourth-order valence-electron chi connectivity index (χ4n) is 1.35. The Balaban J connectivity index is 2.36. The van der Waals surface area contributed by atoms with Crippen LogP contribution in [0.5, 0.6) is 5.88 Å².